The van der Waals surface area contributed by atoms with Crippen LogP contribution in [-0.2, 0) is 9.47 Å². The molecule has 0 spiro atoms. The first kappa shape index (κ1) is 14.9. The van der Waals surface area contributed by atoms with Crippen LogP contribution in [-0.4, -0.2) is 61.2 Å². The fraction of sp³-hybridized carbons (Fsp3) is 1.00. The van der Waals surface area contributed by atoms with Gasteiger partial charge in [0.25, 0.3) is 0 Å². The monoisotopic (exact) mass is 245 g/mol. The molecule has 0 amide bonds. The normalized spacial score (nSPS) is 30.0. The van der Waals surface area contributed by atoms with Gasteiger partial charge in [0.2, 0.25) is 0 Å². The topological polar surface area (TPSA) is 41.9 Å². The Morgan fingerprint density at radius 2 is 1.88 bits per heavy atom. The van der Waals surface area contributed by atoms with E-state index in [1.165, 1.54) is 0 Å². The molecule has 0 bridgehead atoms. The molecule has 0 unspecified atom stereocenters. The van der Waals surface area contributed by atoms with Gasteiger partial charge < -0.3 is 14.6 Å². The summed E-state index contributed by atoms with van der Waals surface area (Å²) in [6.45, 7) is 9.84. The minimum atomic E-state index is 0.110. The van der Waals surface area contributed by atoms with E-state index < -0.39 is 0 Å². The van der Waals surface area contributed by atoms with Crippen LogP contribution in [0.15, 0.2) is 0 Å². The van der Waals surface area contributed by atoms with Gasteiger partial charge in [-0.2, -0.15) is 0 Å². The third-order valence-electron chi connectivity index (χ3n) is 3.30. The highest BCUT2D eigenvalue weighted by Gasteiger charge is 2.41. The van der Waals surface area contributed by atoms with E-state index in [-0.39, 0.29) is 18.8 Å². The lowest BCUT2D eigenvalue weighted by atomic mass is 10.1. The van der Waals surface area contributed by atoms with Gasteiger partial charge in [0, 0.05) is 32.4 Å². The van der Waals surface area contributed by atoms with Crippen molar-refractivity contribution >= 4 is 0 Å². The first-order valence-corrected chi connectivity index (χ1v) is 6.86. The van der Waals surface area contributed by atoms with Crippen molar-refractivity contribution < 1.29 is 14.6 Å². The molecule has 4 heteroatoms. The second kappa shape index (κ2) is 8.03. The second-order valence-electron chi connectivity index (χ2n) is 4.49. The van der Waals surface area contributed by atoms with Gasteiger partial charge in [-0.1, -0.05) is 6.92 Å². The van der Waals surface area contributed by atoms with Crippen LogP contribution in [0.5, 0.6) is 0 Å². The summed E-state index contributed by atoms with van der Waals surface area (Å²) in [5, 5.41) is 9.19. The molecule has 1 heterocycles. The summed E-state index contributed by atoms with van der Waals surface area (Å²) in [4.78, 5) is 2.40. The highest BCUT2D eigenvalue weighted by molar-refractivity contribution is 4.95. The van der Waals surface area contributed by atoms with Crippen molar-refractivity contribution in [3.8, 4) is 0 Å². The van der Waals surface area contributed by atoms with Crippen LogP contribution in [0.2, 0.25) is 0 Å². The smallest absolute Gasteiger partial charge is 0.100 e. The van der Waals surface area contributed by atoms with Crippen molar-refractivity contribution in [2.24, 2.45) is 0 Å². The molecule has 3 atom stereocenters. The number of nitrogens with zero attached hydrogens (tertiary/aromatic N) is 1. The van der Waals surface area contributed by atoms with Crippen molar-refractivity contribution in [3.63, 3.8) is 0 Å². The average Bonchev–Trinajstić information content (AvgIpc) is 2.61. The SMILES string of the molecule is CCCN1C[C@@H](OCC)[C@@H](OCC)[C@@H]1CCO. The Balaban J connectivity index is 2.67. The lowest BCUT2D eigenvalue weighted by molar-refractivity contribution is -0.0539. The van der Waals surface area contributed by atoms with Crippen LogP contribution in [0.25, 0.3) is 0 Å². The molecular weight excluding hydrogens is 218 g/mol. The molecule has 0 aliphatic carbocycles. The number of rotatable bonds is 8. The Hall–Kier alpha value is -0.160. The van der Waals surface area contributed by atoms with Gasteiger partial charge in [-0.15, -0.1) is 0 Å². The zero-order chi connectivity index (χ0) is 12.7. The minimum Gasteiger partial charge on any atom is -0.396 e. The number of hydrogen-bond donors (Lipinski definition) is 1. The first-order chi connectivity index (χ1) is 8.28. The highest BCUT2D eigenvalue weighted by Crippen LogP contribution is 2.26. The Bertz CT molecular complexity index is 181. The van der Waals surface area contributed by atoms with Crippen LogP contribution in [0, 0.1) is 0 Å². The molecule has 0 radical (unpaired) electrons. The van der Waals surface area contributed by atoms with E-state index in [1.807, 2.05) is 13.8 Å². The van der Waals surface area contributed by atoms with Gasteiger partial charge in [0.15, 0.2) is 0 Å². The number of aliphatic hydroxyl groups is 1. The molecule has 1 aliphatic rings. The van der Waals surface area contributed by atoms with Crippen LogP contribution in [0.1, 0.15) is 33.6 Å². The number of ether oxygens (including phenoxy) is 2. The van der Waals surface area contributed by atoms with Crippen molar-refractivity contribution in [2.45, 2.75) is 51.9 Å². The molecule has 1 aliphatic heterocycles. The molecule has 1 fully saturated rings. The van der Waals surface area contributed by atoms with Gasteiger partial charge >= 0.3 is 0 Å². The molecule has 0 aromatic carbocycles. The minimum absolute atomic E-state index is 0.110. The van der Waals surface area contributed by atoms with E-state index in [4.69, 9.17) is 9.47 Å². The van der Waals surface area contributed by atoms with Crippen molar-refractivity contribution in [2.75, 3.05) is 32.9 Å². The highest BCUT2D eigenvalue weighted by atomic mass is 16.5. The van der Waals surface area contributed by atoms with E-state index in [0.717, 1.165) is 32.5 Å². The lowest BCUT2D eigenvalue weighted by Crippen LogP contribution is -2.39. The van der Waals surface area contributed by atoms with Crippen LogP contribution in [0.3, 0.4) is 0 Å². The second-order valence-corrected chi connectivity index (χ2v) is 4.49. The van der Waals surface area contributed by atoms with Gasteiger partial charge in [0.05, 0.1) is 6.10 Å². The molecule has 0 aromatic rings. The molecule has 1 saturated heterocycles. The first-order valence-electron chi connectivity index (χ1n) is 6.86. The van der Waals surface area contributed by atoms with Crippen LogP contribution in [0.4, 0.5) is 0 Å². The van der Waals surface area contributed by atoms with E-state index in [2.05, 4.69) is 11.8 Å². The largest absolute Gasteiger partial charge is 0.396 e. The van der Waals surface area contributed by atoms with Gasteiger partial charge in [0.1, 0.15) is 6.10 Å². The Morgan fingerprint density at radius 3 is 2.41 bits per heavy atom. The molecule has 4 nitrogen and oxygen atoms in total. The van der Waals surface area contributed by atoms with Crippen molar-refractivity contribution in [1.82, 2.24) is 4.90 Å². The molecule has 102 valence electrons. The summed E-state index contributed by atoms with van der Waals surface area (Å²) in [6.07, 6.45) is 2.16. The summed E-state index contributed by atoms with van der Waals surface area (Å²) in [7, 11) is 0. The average molecular weight is 245 g/mol. The predicted molar refractivity (Wildman–Crippen MR) is 68.2 cm³/mol. The zero-order valence-electron chi connectivity index (χ0n) is 11.4. The predicted octanol–water partition coefficient (Wildman–Crippen LogP) is 1.27. The Labute approximate surface area is 105 Å². The van der Waals surface area contributed by atoms with Crippen molar-refractivity contribution in [1.29, 1.82) is 0 Å². The molecule has 17 heavy (non-hydrogen) atoms. The Morgan fingerprint density at radius 1 is 1.18 bits per heavy atom. The van der Waals surface area contributed by atoms with E-state index in [0.29, 0.717) is 12.6 Å². The summed E-state index contributed by atoms with van der Waals surface area (Å²) in [5.41, 5.74) is 0. The number of hydrogen-bond acceptors (Lipinski definition) is 4. The summed E-state index contributed by atoms with van der Waals surface area (Å²) < 4.78 is 11.6. The van der Waals surface area contributed by atoms with Gasteiger partial charge in [-0.25, -0.2) is 0 Å². The molecule has 1 N–H and O–H groups in total. The quantitative estimate of drug-likeness (QED) is 0.699. The maximum absolute atomic E-state index is 9.19. The van der Waals surface area contributed by atoms with E-state index >= 15 is 0 Å². The third-order valence-corrected chi connectivity index (χ3v) is 3.30. The van der Waals surface area contributed by atoms with Crippen LogP contribution < -0.4 is 0 Å². The van der Waals surface area contributed by atoms with E-state index in [1.54, 1.807) is 0 Å². The van der Waals surface area contributed by atoms with Gasteiger partial charge in [-0.05, 0) is 33.2 Å². The zero-order valence-corrected chi connectivity index (χ0v) is 11.4. The fourth-order valence-corrected chi connectivity index (χ4v) is 2.72. The molecule has 0 aromatic heterocycles. The summed E-state index contributed by atoms with van der Waals surface area (Å²) in [6, 6.07) is 0.302. The molecule has 1 rings (SSSR count). The number of aliphatic hydroxyl groups excluding tert-OH is 1. The van der Waals surface area contributed by atoms with E-state index in [9.17, 15) is 5.11 Å². The fourth-order valence-electron chi connectivity index (χ4n) is 2.72. The standard InChI is InChI=1S/C13H27NO3/c1-4-8-14-10-12(16-5-2)13(17-6-3)11(14)7-9-15/h11-13,15H,4-10H2,1-3H3/t11-,12+,13-/m0/s1. The lowest BCUT2D eigenvalue weighted by Gasteiger charge is -2.27. The maximum atomic E-state index is 9.19. The molecule has 0 saturated carbocycles. The summed E-state index contributed by atoms with van der Waals surface area (Å²) in [5.74, 6) is 0. The maximum Gasteiger partial charge on any atom is 0.100 e. The third kappa shape index (κ3) is 3.91. The molecular formula is C13H27NO3. The summed E-state index contributed by atoms with van der Waals surface area (Å²) >= 11 is 0. The Kier molecular flexibility index (Phi) is 7.04. The van der Waals surface area contributed by atoms with Gasteiger partial charge in [-0.3, -0.25) is 4.90 Å². The van der Waals surface area contributed by atoms with Crippen LogP contribution >= 0.6 is 0 Å². The van der Waals surface area contributed by atoms with Crippen molar-refractivity contribution in [3.05, 3.63) is 0 Å². The number of likely N-dealkylation sites (tertiary alicyclic amines) is 1.